The molecular weight excluding hydrogens is 677 g/mol. The predicted octanol–water partition coefficient (Wildman–Crippen LogP) is 6.92. The fraction of sp³-hybridized carbons (Fsp3) is 0.500. The minimum atomic E-state index is -1.03. The van der Waals surface area contributed by atoms with Crippen LogP contribution in [0.25, 0.3) is 0 Å². The number of hydrogen-bond donors (Lipinski definition) is 1. The summed E-state index contributed by atoms with van der Waals surface area (Å²) in [5, 5.41) is 3.63. The van der Waals surface area contributed by atoms with Crippen LogP contribution in [0.2, 0.25) is 0 Å². The lowest BCUT2D eigenvalue weighted by atomic mass is 9.83. The number of carbonyl (C=O) groups excluding carboxylic acids is 1. The number of terminal acetylenes is 1. The van der Waals surface area contributed by atoms with Crippen LogP contribution < -0.4 is 10.1 Å². The highest BCUT2D eigenvalue weighted by atomic mass is 19.1. The SMILES string of the molecule is C#Cc1c(F)ccc2c1[C@H](N1CCc3c(nc(OC[C@]4(C)C[C@@H](F)CN4Cc4ccc(F)cc4)nc3NCC3(N(C)C(=O)C=C)CCCC3)C1)CCC2. The van der Waals surface area contributed by atoms with Crippen LogP contribution in [-0.4, -0.2) is 81.1 Å². The number of likely N-dealkylation sites (tertiary alicyclic amines) is 1. The number of amides is 1. The van der Waals surface area contributed by atoms with Crippen LogP contribution in [0.3, 0.4) is 0 Å². The molecule has 3 aromatic rings. The summed E-state index contributed by atoms with van der Waals surface area (Å²) in [6.07, 6.45) is 13.6. The monoisotopic (exact) mass is 726 g/mol. The van der Waals surface area contributed by atoms with Crippen molar-refractivity contribution in [2.75, 3.05) is 38.6 Å². The molecule has 1 amide bonds. The Morgan fingerprint density at radius 2 is 1.92 bits per heavy atom. The third kappa shape index (κ3) is 7.41. The fourth-order valence-electron chi connectivity index (χ4n) is 9.13. The maximum Gasteiger partial charge on any atom is 0.318 e. The van der Waals surface area contributed by atoms with Crippen LogP contribution in [0.15, 0.2) is 49.1 Å². The van der Waals surface area contributed by atoms with E-state index in [9.17, 15) is 13.6 Å². The van der Waals surface area contributed by atoms with Crippen molar-refractivity contribution in [1.29, 1.82) is 0 Å². The van der Waals surface area contributed by atoms with E-state index in [1.807, 2.05) is 24.9 Å². The van der Waals surface area contributed by atoms with Crippen LogP contribution >= 0.6 is 0 Å². The van der Waals surface area contributed by atoms with Crippen molar-refractivity contribution in [3.05, 3.63) is 94.2 Å². The first-order chi connectivity index (χ1) is 25.5. The number of nitrogens with zero attached hydrogens (tertiary/aromatic N) is 5. The van der Waals surface area contributed by atoms with Crippen molar-refractivity contribution < 1.29 is 22.7 Å². The molecule has 280 valence electrons. The van der Waals surface area contributed by atoms with Gasteiger partial charge in [0.15, 0.2) is 0 Å². The van der Waals surface area contributed by atoms with Gasteiger partial charge in [0.05, 0.1) is 22.3 Å². The van der Waals surface area contributed by atoms with Crippen molar-refractivity contribution in [1.82, 2.24) is 24.7 Å². The number of carbonyl (C=O) groups is 1. The Kier molecular flexibility index (Phi) is 10.6. The molecule has 8 nitrogen and oxygen atoms in total. The largest absolute Gasteiger partial charge is 0.461 e. The number of anilines is 1. The highest BCUT2D eigenvalue weighted by Gasteiger charge is 2.44. The topological polar surface area (TPSA) is 73.8 Å². The van der Waals surface area contributed by atoms with Gasteiger partial charge in [-0.15, -0.1) is 6.42 Å². The number of hydrogen-bond acceptors (Lipinski definition) is 7. The zero-order valence-electron chi connectivity index (χ0n) is 30.8. The first-order valence-electron chi connectivity index (χ1n) is 18.8. The minimum absolute atomic E-state index is 0.0522. The van der Waals surface area contributed by atoms with Gasteiger partial charge in [-0.05, 0) is 86.4 Å². The summed E-state index contributed by atoms with van der Waals surface area (Å²) >= 11 is 0. The number of fused-ring (bicyclic) bond motifs is 2. The van der Waals surface area contributed by atoms with Gasteiger partial charge in [-0.1, -0.05) is 43.5 Å². The number of aromatic nitrogens is 2. The van der Waals surface area contributed by atoms with E-state index in [-0.39, 0.29) is 54.7 Å². The summed E-state index contributed by atoms with van der Waals surface area (Å²) < 4.78 is 50.0. The Morgan fingerprint density at radius 1 is 1.15 bits per heavy atom. The maximum absolute atomic E-state index is 15.0. The van der Waals surface area contributed by atoms with Crippen LogP contribution in [0.4, 0.5) is 19.0 Å². The van der Waals surface area contributed by atoms with Gasteiger partial charge in [0.2, 0.25) is 5.91 Å². The highest BCUT2D eigenvalue weighted by Crippen LogP contribution is 2.41. The lowest BCUT2D eigenvalue weighted by Crippen LogP contribution is -2.51. The molecule has 2 aromatic carbocycles. The second-order valence-electron chi connectivity index (χ2n) is 15.5. The van der Waals surface area contributed by atoms with Crippen molar-refractivity contribution >= 4 is 11.7 Å². The van der Waals surface area contributed by atoms with Crippen molar-refractivity contribution in [3.63, 3.8) is 0 Å². The molecule has 2 aliphatic heterocycles. The van der Waals surface area contributed by atoms with Crippen LogP contribution in [0, 0.1) is 24.0 Å². The van der Waals surface area contributed by atoms with Crippen molar-refractivity contribution in [3.8, 4) is 18.4 Å². The molecule has 1 aromatic heterocycles. The second kappa shape index (κ2) is 15.2. The molecule has 1 saturated heterocycles. The normalized spacial score (nSPS) is 23.8. The maximum atomic E-state index is 15.0. The van der Waals surface area contributed by atoms with E-state index in [2.05, 4.69) is 22.7 Å². The standard InChI is InChI=1S/C42H49F3N6O2/c1-5-32-34(45)17-14-29-10-9-11-36(38(29)32)50-21-18-33-35(25-50)47-40(48-39(33)46-26-42(19-7-8-20-42)49(4)37(52)6-2)53-27-41(3)22-31(44)24-51(41)23-28-12-15-30(43)16-13-28/h1,6,12-17,31,36H,2,7-11,18-27H2,3-4H3,(H,46,47,48)/t31-,36-,41+/m1/s1. The molecule has 11 heteroatoms. The zero-order chi connectivity index (χ0) is 37.3. The molecule has 1 saturated carbocycles. The Labute approximate surface area is 310 Å². The van der Waals surface area contributed by atoms with Gasteiger partial charge in [-0.25, -0.2) is 13.2 Å². The van der Waals surface area contributed by atoms with E-state index >= 15 is 4.39 Å². The number of likely N-dealkylation sites (N-methyl/N-ethyl adjacent to an activating group) is 1. The number of ether oxygens (including phenoxy) is 1. The molecule has 0 unspecified atom stereocenters. The third-order valence-corrected chi connectivity index (χ3v) is 12.2. The number of rotatable bonds is 11. The quantitative estimate of drug-likeness (QED) is 0.170. The smallest absolute Gasteiger partial charge is 0.318 e. The van der Waals surface area contributed by atoms with Crippen LogP contribution in [-0.2, 0) is 30.7 Å². The van der Waals surface area contributed by atoms with Gasteiger partial charge in [-0.3, -0.25) is 14.6 Å². The third-order valence-electron chi connectivity index (χ3n) is 12.2. The average molecular weight is 727 g/mol. The van der Waals surface area contributed by atoms with Crippen LogP contribution in [0.5, 0.6) is 6.01 Å². The zero-order valence-corrected chi connectivity index (χ0v) is 30.8. The first kappa shape index (κ1) is 36.9. The van der Waals surface area contributed by atoms with E-state index in [0.29, 0.717) is 44.0 Å². The molecule has 4 aliphatic rings. The minimum Gasteiger partial charge on any atom is -0.461 e. The van der Waals surface area contributed by atoms with E-state index in [1.165, 1.54) is 24.3 Å². The Bertz CT molecular complexity index is 1890. The van der Waals surface area contributed by atoms with E-state index in [1.54, 1.807) is 17.0 Å². The molecular formula is C42H49F3N6O2. The van der Waals surface area contributed by atoms with E-state index < -0.39 is 11.7 Å². The number of halogens is 3. The molecule has 0 spiro atoms. The van der Waals surface area contributed by atoms with E-state index in [4.69, 9.17) is 21.1 Å². The summed E-state index contributed by atoms with van der Waals surface area (Å²) in [5.74, 6) is 2.50. The van der Waals surface area contributed by atoms with Crippen LogP contribution in [0.1, 0.15) is 91.4 Å². The highest BCUT2D eigenvalue weighted by molar-refractivity contribution is 5.87. The molecule has 1 N–H and O–H groups in total. The van der Waals surface area contributed by atoms with Gasteiger partial charge >= 0.3 is 6.01 Å². The second-order valence-corrected chi connectivity index (χ2v) is 15.5. The molecule has 53 heavy (non-hydrogen) atoms. The molecule has 2 aliphatic carbocycles. The number of benzene rings is 2. The molecule has 3 heterocycles. The summed E-state index contributed by atoms with van der Waals surface area (Å²) in [5.41, 5.74) is 3.98. The van der Waals surface area contributed by atoms with Crippen molar-refractivity contribution in [2.24, 2.45) is 0 Å². The molecule has 0 radical (unpaired) electrons. The number of nitrogens with one attached hydrogen (secondary N) is 1. The summed E-state index contributed by atoms with van der Waals surface area (Å²) in [6.45, 7) is 8.25. The van der Waals surface area contributed by atoms with Gasteiger partial charge in [0, 0.05) is 57.8 Å². The Morgan fingerprint density at radius 3 is 2.66 bits per heavy atom. The molecule has 3 atom stereocenters. The van der Waals surface area contributed by atoms with Gasteiger partial charge in [0.1, 0.15) is 30.2 Å². The summed E-state index contributed by atoms with van der Waals surface area (Å²) in [6, 6.07) is 9.76. The lowest BCUT2D eigenvalue weighted by molar-refractivity contribution is -0.129. The molecule has 7 rings (SSSR count). The fourth-order valence-corrected chi connectivity index (χ4v) is 9.13. The predicted molar refractivity (Wildman–Crippen MR) is 199 cm³/mol. The average Bonchev–Trinajstić information content (AvgIpc) is 3.76. The number of alkyl halides is 1. The summed E-state index contributed by atoms with van der Waals surface area (Å²) in [7, 11) is 1.84. The van der Waals surface area contributed by atoms with Gasteiger partial charge in [-0.2, -0.15) is 9.97 Å². The van der Waals surface area contributed by atoms with Gasteiger partial charge in [0.25, 0.3) is 0 Å². The number of aryl methyl sites for hydroxylation is 1. The van der Waals surface area contributed by atoms with Gasteiger partial charge < -0.3 is 15.0 Å². The van der Waals surface area contributed by atoms with Crippen molar-refractivity contribution in [2.45, 2.75) is 101 Å². The summed E-state index contributed by atoms with van der Waals surface area (Å²) in [4.78, 5) is 28.9. The Hall–Kier alpha value is -4.40. The van der Waals surface area contributed by atoms with E-state index in [0.717, 1.165) is 72.9 Å². The first-order valence-corrected chi connectivity index (χ1v) is 18.8. The Balaban J connectivity index is 1.18. The molecule has 2 fully saturated rings. The molecule has 0 bridgehead atoms. The lowest BCUT2D eigenvalue weighted by Gasteiger charge is -2.40.